The predicted octanol–water partition coefficient (Wildman–Crippen LogP) is 0.972. The van der Waals surface area contributed by atoms with Crippen LogP contribution in [0.2, 0.25) is 0 Å². The van der Waals surface area contributed by atoms with Crippen molar-refractivity contribution in [2.45, 2.75) is 24.8 Å². The molecule has 122 valence electrons. The second-order valence-corrected chi connectivity index (χ2v) is 7.02. The van der Waals surface area contributed by atoms with E-state index in [4.69, 9.17) is 0 Å². The van der Waals surface area contributed by atoms with Crippen LogP contribution in [0.15, 0.2) is 29.4 Å². The molecule has 0 aliphatic carbocycles. The molecule has 0 amide bonds. The number of aryl methyl sites for hydroxylation is 2. The number of methoxy groups -OCH3 is 1. The van der Waals surface area contributed by atoms with Gasteiger partial charge in [-0.05, 0) is 37.1 Å². The zero-order chi connectivity index (χ0) is 16.6. The van der Waals surface area contributed by atoms with Crippen molar-refractivity contribution in [2.75, 3.05) is 18.0 Å². The number of esters is 1. The van der Waals surface area contributed by atoms with Gasteiger partial charge in [0.2, 0.25) is 5.95 Å². The number of benzene rings is 1. The van der Waals surface area contributed by atoms with Crippen LogP contribution < -0.4 is 4.31 Å². The van der Waals surface area contributed by atoms with Gasteiger partial charge in [0, 0.05) is 13.1 Å². The zero-order valence-corrected chi connectivity index (χ0v) is 13.6. The van der Waals surface area contributed by atoms with Crippen LogP contribution in [-0.2, 0) is 21.3 Å². The summed E-state index contributed by atoms with van der Waals surface area (Å²) in [6.07, 6.45) is 2.01. The second-order valence-electron chi connectivity index (χ2n) is 5.19. The number of aromatic nitrogens is 3. The molecule has 0 saturated heterocycles. The first-order valence-electron chi connectivity index (χ1n) is 7.04. The highest BCUT2D eigenvalue weighted by Gasteiger charge is 2.32. The molecule has 1 aromatic carbocycles. The van der Waals surface area contributed by atoms with E-state index in [1.165, 1.54) is 35.9 Å². The van der Waals surface area contributed by atoms with E-state index in [0.29, 0.717) is 36.6 Å². The van der Waals surface area contributed by atoms with Crippen LogP contribution in [0.4, 0.5) is 5.95 Å². The monoisotopic (exact) mass is 336 g/mol. The van der Waals surface area contributed by atoms with Crippen molar-refractivity contribution in [2.24, 2.45) is 0 Å². The number of ether oxygens (including phenoxy) is 1. The highest BCUT2D eigenvalue weighted by molar-refractivity contribution is 7.92. The normalized spacial score (nSPS) is 14.4. The molecule has 2 heterocycles. The molecule has 0 radical (unpaired) electrons. The Hall–Kier alpha value is -2.42. The summed E-state index contributed by atoms with van der Waals surface area (Å²) < 4.78 is 33.4. The van der Waals surface area contributed by atoms with Gasteiger partial charge in [0.05, 0.1) is 17.6 Å². The zero-order valence-electron chi connectivity index (χ0n) is 12.8. The molecule has 2 aromatic rings. The van der Waals surface area contributed by atoms with Crippen molar-refractivity contribution >= 4 is 21.9 Å². The lowest BCUT2D eigenvalue weighted by molar-refractivity contribution is 0.0600. The van der Waals surface area contributed by atoms with Crippen LogP contribution in [-0.4, -0.2) is 42.8 Å². The quantitative estimate of drug-likeness (QED) is 0.775. The van der Waals surface area contributed by atoms with Crippen LogP contribution in [0.25, 0.3) is 0 Å². The molecule has 0 spiro atoms. The minimum Gasteiger partial charge on any atom is -0.465 e. The minimum absolute atomic E-state index is 0.140. The van der Waals surface area contributed by atoms with Crippen molar-refractivity contribution in [3.63, 3.8) is 0 Å². The Kier molecular flexibility index (Phi) is 3.80. The van der Waals surface area contributed by atoms with Gasteiger partial charge in [0.1, 0.15) is 6.33 Å². The van der Waals surface area contributed by atoms with E-state index in [9.17, 15) is 13.2 Å². The first kappa shape index (κ1) is 15.5. The van der Waals surface area contributed by atoms with Crippen molar-refractivity contribution in [3.05, 3.63) is 35.7 Å². The third-order valence-electron chi connectivity index (χ3n) is 3.71. The number of anilines is 1. The molecule has 0 bridgehead atoms. The molecule has 0 unspecified atom stereocenters. The number of carbonyl (C=O) groups excluding carboxylic acids is 1. The number of rotatable bonds is 3. The molecule has 1 aliphatic heterocycles. The summed E-state index contributed by atoms with van der Waals surface area (Å²) in [5.74, 6) is -0.192. The number of hydrogen-bond donors (Lipinski definition) is 0. The summed E-state index contributed by atoms with van der Waals surface area (Å²) in [6.45, 7) is 2.63. The Bertz CT molecular complexity index is 859. The van der Waals surface area contributed by atoms with Crippen LogP contribution in [0, 0.1) is 6.92 Å². The minimum atomic E-state index is -3.77. The molecule has 0 fully saturated rings. The van der Waals surface area contributed by atoms with Crippen molar-refractivity contribution in [1.29, 1.82) is 0 Å². The van der Waals surface area contributed by atoms with E-state index in [2.05, 4.69) is 14.8 Å². The van der Waals surface area contributed by atoms with Gasteiger partial charge in [-0.2, -0.15) is 10.1 Å². The molecule has 0 N–H and O–H groups in total. The highest BCUT2D eigenvalue weighted by Crippen LogP contribution is 2.27. The van der Waals surface area contributed by atoms with E-state index in [0.717, 1.165) is 0 Å². The van der Waals surface area contributed by atoms with Crippen LogP contribution in [0.5, 0.6) is 0 Å². The van der Waals surface area contributed by atoms with Gasteiger partial charge in [0.25, 0.3) is 10.0 Å². The van der Waals surface area contributed by atoms with E-state index in [-0.39, 0.29) is 4.90 Å². The van der Waals surface area contributed by atoms with Gasteiger partial charge in [-0.25, -0.2) is 22.2 Å². The number of nitrogens with zero attached hydrogens (tertiary/aromatic N) is 4. The van der Waals surface area contributed by atoms with Gasteiger partial charge in [-0.15, -0.1) is 0 Å². The number of fused-ring (bicyclic) bond motifs is 1. The Morgan fingerprint density at radius 3 is 2.78 bits per heavy atom. The lowest BCUT2D eigenvalue weighted by atomic mass is 10.1. The predicted molar refractivity (Wildman–Crippen MR) is 81.7 cm³/mol. The maximum absolute atomic E-state index is 12.9. The van der Waals surface area contributed by atoms with Crippen molar-refractivity contribution < 1.29 is 17.9 Å². The van der Waals surface area contributed by atoms with Gasteiger partial charge < -0.3 is 4.74 Å². The number of sulfonamides is 1. The van der Waals surface area contributed by atoms with Gasteiger partial charge in [-0.1, -0.05) is 0 Å². The summed E-state index contributed by atoms with van der Waals surface area (Å²) in [4.78, 5) is 15.7. The topological polar surface area (TPSA) is 94.4 Å². The van der Waals surface area contributed by atoms with E-state index in [1.54, 1.807) is 11.6 Å². The molecule has 0 saturated carbocycles. The SMILES string of the molecule is COC(=O)c1ccc(S(=O)(=O)N2CCCn3ncnc32)c(C)c1. The van der Waals surface area contributed by atoms with Gasteiger partial charge in [-0.3, -0.25) is 0 Å². The third-order valence-corrected chi connectivity index (χ3v) is 5.65. The standard InChI is InChI=1S/C14H16N4O4S/c1-10-8-11(13(19)22-2)4-5-12(10)23(20,21)18-7-3-6-17-14(18)15-9-16-17/h4-5,8-9H,3,6-7H2,1-2H3. The maximum Gasteiger partial charge on any atom is 0.337 e. The fourth-order valence-corrected chi connectivity index (χ4v) is 4.27. The Labute approximate surface area is 133 Å². The first-order valence-corrected chi connectivity index (χ1v) is 8.48. The van der Waals surface area contributed by atoms with Crippen LogP contribution in [0.1, 0.15) is 22.3 Å². The van der Waals surface area contributed by atoms with Gasteiger partial charge in [0.15, 0.2) is 0 Å². The van der Waals surface area contributed by atoms with Crippen LogP contribution >= 0.6 is 0 Å². The first-order chi connectivity index (χ1) is 10.9. The molecule has 3 rings (SSSR count). The smallest absolute Gasteiger partial charge is 0.337 e. The summed E-state index contributed by atoms with van der Waals surface area (Å²) in [6, 6.07) is 4.38. The Balaban J connectivity index is 2.03. The molecular weight excluding hydrogens is 320 g/mol. The Morgan fingerprint density at radius 2 is 2.09 bits per heavy atom. The maximum atomic E-state index is 12.9. The lowest BCUT2D eigenvalue weighted by Gasteiger charge is -2.27. The lowest BCUT2D eigenvalue weighted by Crippen LogP contribution is -2.38. The fourth-order valence-electron chi connectivity index (χ4n) is 2.60. The average Bonchev–Trinajstić information content (AvgIpc) is 3.02. The largest absolute Gasteiger partial charge is 0.465 e. The molecule has 0 atom stereocenters. The van der Waals surface area contributed by atoms with Crippen LogP contribution in [0.3, 0.4) is 0 Å². The molecule has 1 aromatic heterocycles. The Morgan fingerprint density at radius 1 is 1.30 bits per heavy atom. The summed E-state index contributed by atoms with van der Waals surface area (Å²) in [5.41, 5.74) is 0.787. The molecular formula is C14H16N4O4S. The molecule has 8 nitrogen and oxygen atoms in total. The third kappa shape index (κ3) is 2.56. The molecule has 9 heteroatoms. The average molecular weight is 336 g/mol. The summed E-state index contributed by atoms with van der Waals surface area (Å²) >= 11 is 0. The van der Waals surface area contributed by atoms with E-state index in [1.807, 2.05) is 0 Å². The highest BCUT2D eigenvalue weighted by atomic mass is 32.2. The van der Waals surface area contributed by atoms with Gasteiger partial charge >= 0.3 is 5.97 Å². The summed E-state index contributed by atoms with van der Waals surface area (Å²) in [5, 5.41) is 4.02. The summed E-state index contributed by atoms with van der Waals surface area (Å²) in [7, 11) is -2.49. The molecule has 1 aliphatic rings. The van der Waals surface area contributed by atoms with Crippen molar-refractivity contribution in [1.82, 2.24) is 14.8 Å². The number of hydrogen-bond acceptors (Lipinski definition) is 6. The molecule has 23 heavy (non-hydrogen) atoms. The number of carbonyl (C=O) groups is 1. The second kappa shape index (κ2) is 5.65. The van der Waals surface area contributed by atoms with E-state index < -0.39 is 16.0 Å². The van der Waals surface area contributed by atoms with E-state index >= 15 is 0 Å². The fraction of sp³-hybridized carbons (Fsp3) is 0.357. The van der Waals surface area contributed by atoms with Crippen molar-refractivity contribution in [3.8, 4) is 0 Å².